The summed E-state index contributed by atoms with van der Waals surface area (Å²) < 4.78 is 0. The second-order valence-corrected chi connectivity index (χ2v) is 5.47. The molecule has 0 aliphatic heterocycles. The highest BCUT2D eigenvalue weighted by atomic mass is 32.2. The van der Waals surface area contributed by atoms with Crippen molar-refractivity contribution in [2.24, 2.45) is 5.92 Å². The largest absolute Gasteiger partial charge is 0.383 e. The van der Waals surface area contributed by atoms with E-state index in [0.29, 0.717) is 17.7 Å². The normalized spacial score (nSPS) is 13.1. The van der Waals surface area contributed by atoms with Crippen LogP contribution in [0.15, 0.2) is 11.4 Å². The van der Waals surface area contributed by atoms with E-state index in [1.165, 1.54) is 6.42 Å². The molecule has 1 atom stereocenters. The number of anilines is 1. The maximum Gasteiger partial charge on any atom is 0.131 e. The van der Waals surface area contributed by atoms with E-state index in [9.17, 15) is 0 Å². The third-order valence-electron chi connectivity index (χ3n) is 2.66. The SMILES string of the molecule is CCC(C)CSc1ncnc(N)c1C(C)C. The van der Waals surface area contributed by atoms with Crippen LogP contribution in [-0.4, -0.2) is 15.7 Å². The summed E-state index contributed by atoms with van der Waals surface area (Å²) in [5, 5.41) is 1.04. The van der Waals surface area contributed by atoms with Crippen LogP contribution in [0.4, 0.5) is 5.82 Å². The number of rotatable bonds is 5. The maximum atomic E-state index is 5.90. The predicted octanol–water partition coefficient (Wildman–Crippen LogP) is 3.32. The average molecular weight is 239 g/mol. The number of nitrogens with two attached hydrogens (primary N) is 1. The molecule has 0 amide bonds. The van der Waals surface area contributed by atoms with Gasteiger partial charge in [-0.2, -0.15) is 0 Å². The van der Waals surface area contributed by atoms with E-state index in [2.05, 4.69) is 37.7 Å². The van der Waals surface area contributed by atoms with Crippen molar-refractivity contribution in [2.45, 2.75) is 45.1 Å². The van der Waals surface area contributed by atoms with Crippen molar-refractivity contribution in [1.29, 1.82) is 0 Å². The lowest BCUT2D eigenvalue weighted by molar-refractivity contribution is 0.636. The summed E-state index contributed by atoms with van der Waals surface area (Å²) in [7, 11) is 0. The van der Waals surface area contributed by atoms with Crippen LogP contribution in [0.5, 0.6) is 0 Å². The number of hydrogen-bond acceptors (Lipinski definition) is 4. The van der Waals surface area contributed by atoms with E-state index in [1.54, 1.807) is 18.1 Å². The van der Waals surface area contributed by atoms with Gasteiger partial charge in [0.05, 0.1) is 0 Å². The van der Waals surface area contributed by atoms with E-state index >= 15 is 0 Å². The summed E-state index contributed by atoms with van der Waals surface area (Å²) in [6.07, 6.45) is 2.75. The zero-order chi connectivity index (χ0) is 12.1. The topological polar surface area (TPSA) is 51.8 Å². The average Bonchev–Trinajstić information content (AvgIpc) is 2.25. The Morgan fingerprint density at radius 3 is 2.56 bits per heavy atom. The van der Waals surface area contributed by atoms with Gasteiger partial charge in [0.1, 0.15) is 17.2 Å². The van der Waals surface area contributed by atoms with Crippen molar-refractivity contribution in [3.8, 4) is 0 Å². The van der Waals surface area contributed by atoms with Crippen molar-refractivity contribution in [1.82, 2.24) is 9.97 Å². The highest BCUT2D eigenvalue weighted by Gasteiger charge is 2.13. The van der Waals surface area contributed by atoms with Gasteiger partial charge >= 0.3 is 0 Å². The summed E-state index contributed by atoms with van der Waals surface area (Å²) in [6.45, 7) is 8.72. The number of nitrogens with zero attached hydrogens (tertiary/aromatic N) is 2. The molecule has 1 aromatic rings. The summed E-state index contributed by atoms with van der Waals surface area (Å²) >= 11 is 1.79. The van der Waals surface area contributed by atoms with Crippen LogP contribution >= 0.6 is 11.8 Å². The number of aromatic nitrogens is 2. The molecule has 0 aliphatic carbocycles. The summed E-state index contributed by atoms with van der Waals surface area (Å²) in [5.74, 6) is 2.80. The first-order chi connectivity index (χ1) is 7.56. The van der Waals surface area contributed by atoms with E-state index < -0.39 is 0 Å². The lowest BCUT2D eigenvalue weighted by atomic mass is 10.1. The quantitative estimate of drug-likeness (QED) is 0.632. The first-order valence-electron chi connectivity index (χ1n) is 5.79. The van der Waals surface area contributed by atoms with E-state index in [-0.39, 0.29) is 0 Å². The molecule has 1 aromatic heterocycles. The Morgan fingerprint density at radius 2 is 2.00 bits per heavy atom. The Hall–Kier alpha value is -0.770. The Balaban J connectivity index is 2.83. The smallest absolute Gasteiger partial charge is 0.131 e. The van der Waals surface area contributed by atoms with E-state index in [0.717, 1.165) is 16.3 Å². The van der Waals surface area contributed by atoms with Gasteiger partial charge in [-0.15, -0.1) is 11.8 Å². The first kappa shape index (κ1) is 13.3. The summed E-state index contributed by atoms with van der Waals surface area (Å²) in [6, 6.07) is 0. The molecule has 16 heavy (non-hydrogen) atoms. The molecule has 0 aliphatic rings. The van der Waals surface area contributed by atoms with Gasteiger partial charge in [-0.1, -0.05) is 34.1 Å². The van der Waals surface area contributed by atoms with Gasteiger partial charge in [-0.3, -0.25) is 0 Å². The molecule has 0 fully saturated rings. The molecular formula is C12H21N3S. The molecule has 1 heterocycles. The molecule has 4 heteroatoms. The maximum absolute atomic E-state index is 5.90. The van der Waals surface area contributed by atoms with Gasteiger partial charge in [0.2, 0.25) is 0 Å². The first-order valence-corrected chi connectivity index (χ1v) is 6.78. The molecule has 90 valence electrons. The standard InChI is InChI=1S/C12H21N3S/c1-5-9(4)6-16-12-10(8(2)3)11(13)14-7-15-12/h7-9H,5-6H2,1-4H3,(H2,13,14,15). The molecule has 2 N–H and O–H groups in total. The second-order valence-electron chi connectivity index (χ2n) is 4.46. The Morgan fingerprint density at radius 1 is 1.31 bits per heavy atom. The molecule has 0 saturated carbocycles. The Labute approximate surface area is 102 Å². The van der Waals surface area contributed by atoms with Crippen LogP contribution in [0.1, 0.15) is 45.6 Å². The van der Waals surface area contributed by atoms with E-state index in [4.69, 9.17) is 5.73 Å². The third kappa shape index (κ3) is 3.37. The fraction of sp³-hybridized carbons (Fsp3) is 0.667. The highest BCUT2D eigenvalue weighted by molar-refractivity contribution is 7.99. The van der Waals surface area contributed by atoms with Crippen LogP contribution in [0.3, 0.4) is 0 Å². The van der Waals surface area contributed by atoms with Crippen molar-refractivity contribution in [3.05, 3.63) is 11.9 Å². The van der Waals surface area contributed by atoms with Crippen LogP contribution in [-0.2, 0) is 0 Å². The molecule has 3 nitrogen and oxygen atoms in total. The van der Waals surface area contributed by atoms with Crippen LogP contribution in [0.25, 0.3) is 0 Å². The summed E-state index contributed by atoms with van der Waals surface area (Å²) in [5.41, 5.74) is 6.99. The lowest BCUT2D eigenvalue weighted by Crippen LogP contribution is -2.05. The van der Waals surface area contributed by atoms with Gasteiger partial charge < -0.3 is 5.73 Å². The zero-order valence-corrected chi connectivity index (χ0v) is 11.3. The highest BCUT2D eigenvalue weighted by Crippen LogP contribution is 2.30. The molecule has 0 saturated heterocycles. The van der Waals surface area contributed by atoms with Crippen molar-refractivity contribution in [2.75, 3.05) is 11.5 Å². The second kappa shape index (κ2) is 6.09. The van der Waals surface area contributed by atoms with Crippen molar-refractivity contribution in [3.63, 3.8) is 0 Å². The van der Waals surface area contributed by atoms with Crippen LogP contribution < -0.4 is 5.73 Å². The predicted molar refractivity (Wildman–Crippen MR) is 70.7 cm³/mol. The molecule has 0 radical (unpaired) electrons. The molecule has 1 unspecified atom stereocenters. The van der Waals surface area contributed by atoms with Gasteiger partial charge in [-0.05, 0) is 11.8 Å². The van der Waals surface area contributed by atoms with Crippen molar-refractivity contribution < 1.29 is 0 Å². The summed E-state index contributed by atoms with van der Waals surface area (Å²) in [4.78, 5) is 8.40. The van der Waals surface area contributed by atoms with E-state index in [1.807, 2.05) is 0 Å². The van der Waals surface area contributed by atoms with Gasteiger partial charge in [0, 0.05) is 11.3 Å². The molecular weight excluding hydrogens is 218 g/mol. The Bertz CT molecular complexity index is 339. The number of hydrogen-bond donors (Lipinski definition) is 1. The minimum atomic E-state index is 0.376. The van der Waals surface area contributed by atoms with Gasteiger partial charge in [0.15, 0.2) is 0 Å². The fourth-order valence-corrected chi connectivity index (χ4v) is 2.68. The minimum absolute atomic E-state index is 0.376. The fourth-order valence-electron chi connectivity index (χ4n) is 1.39. The zero-order valence-electron chi connectivity index (χ0n) is 10.5. The van der Waals surface area contributed by atoms with Crippen LogP contribution in [0, 0.1) is 5.92 Å². The minimum Gasteiger partial charge on any atom is -0.383 e. The molecule has 0 spiro atoms. The van der Waals surface area contributed by atoms with Gasteiger partial charge in [0.25, 0.3) is 0 Å². The number of thioether (sulfide) groups is 1. The lowest BCUT2D eigenvalue weighted by Gasteiger charge is -2.14. The monoisotopic (exact) mass is 239 g/mol. The third-order valence-corrected chi connectivity index (χ3v) is 3.99. The Kier molecular flexibility index (Phi) is 5.06. The van der Waals surface area contributed by atoms with Gasteiger partial charge in [-0.25, -0.2) is 9.97 Å². The molecule has 1 rings (SSSR count). The number of nitrogen functional groups attached to an aromatic ring is 1. The van der Waals surface area contributed by atoms with Crippen molar-refractivity contribution >= 4 is 17.6 Å². The van der Waals surface area contributed by atoms with Crippen LogP contribution in [0.2, 0.25) is 0 Å². The molecule has 0 aromatic carbocycles. The molecule has 0 bridgehead atoms.